The second-order valence-corrected chi connectivity index (χ2v) is 10.9. The molecule has 1 saturated carbocycles. The lowest BCUT2D eigenvalue weighted by molar-refractivity contribution is 0.184. The summed E-state index contributed by atoms with van der Waals surface area (Å²) in [4.78, 5) is 7.27. The van der Waals surface area contributed by atoms with E-state index in [9.17, 15) is 8.42 Å². The molecule has 1 aromatic carbocycles. The van der Waals surface area contributed by atoms with Gasteiger partial charge in [-0.1, -0.05) is 43.5 Å². The Bertz CT molecular complexity index is 773. The average Bonchev–Trinajstić information content (AvgIpc) is 2.72. The molecule has 2 N–H and O–H groups in total. The highest BCUT2D eigenvalue weighted by atomic mass is 32.2. The maximum atomic E-state index is 11.4. The first kappa shape index (κ1) is 24.7. The van der Waals surface area contributed by atoms with E-state index < -0.39 is 9.84 Å². The number of guanidine groups is 1. The van der Waals surface area contributed by atoms with Crippen LogP contribution in [-0.4, -0.2) is 57.0 Å². The molecular formula is C23H40N4O2S. The van der Waals surface area contributed by atoms with Crippen LogP contribution in [0.1, 0.15) is 63.5 Å². The van der Waals surface area contributed by atoms with E-state index in [2.05, 4.69) is 46.8 Å². The molecule has 2 rings (SSSR count). The predicted octanol–water partition coefficient (Wildman–Crippen LogP) is 3.33. The van der Waals surface area contributed by atoms with Crippen LogP contribution in [0.2, 0.25) is 0 Å². The van der Waals surface area contributed by atoms with Gasteiger partial charge < -0.3 is 10.6 Å². The normalized spacial score (nSPS) is 17.2. The van der Waals surface area contributed by atoms with Gasteiger partial charge in [-0.05, 0) is 51.3 Å². The molecule has 1 aromatic rings. The van der Waals surface area contributed by atoms with Gasteiger partial charge in [0.2, 0.25) is 0 Å². The summed E-state index contributed by atoms with van der Waals surface area (Å²) >= 11 is 0. The second kappa shape index (κ2) is 12.3. The molecule has 0 bridgehead atoms. The number of hydrogen-bond donors (Lipinski definition) is 2. The lowest BCUT2D eigenvalue weighted by Crippen LogP contribution is -2.42. The van der Waals surface area contributed by atoms with Gasteiger partial charge in [0, 0.05) is 31.4 Å². The van der Waals surface area contributed by atoms with Gasteiger partial charge in [-0.15, -0.1) is 0 Å². The van der Waals surface area contributed by atoms with E-state index in [0.29, 0.717) is 19.0 Å². The van der Waals surface area contributed by atoms with Gasteiger partial charge in [-0.2, -0.15) is 0 Å². The van der Waals surface area contributed by atoms with Crippen molar-refractivity contribution >= 4 is 15.8 Å². The highest BCUT2D eigenvalue weighted by Gasteiger charge is 2.18. The average molecular weight is 437 g/mol. The zero-order valence-corrected chi connectivity index (χ0v) is 20.0. The topological polar surface area (TPSA) is 73.8 Å². The maximum absolute atomic E-state index is 11.4. The van der Waals surface area contributed by atoms with Crippen LogP contribution in [0.5, 0.6) is 0 Å². The number of aliphatic imine (C=N–C) groups is 1. The van der Waals surface area contributed by atoms with Gasteiger partial charge in [0.1, 0.15) is 9.84 Å². The molecule has 0 aliphatic heterocycles. The van der Waals surface area contributed by atoms with Crippen LogP contribution in [0.25, 0.3) is 0 Å². The zero-order chi connectivity index (χ0) is 22.0. The summed E-state index contributed by atoms with van der Waals surface area (Å²) in [6, 6.07) is 9.26. The van der Waals surface area contributed by atoms with Crippen molar-refractivity contribution in [1.82, 2.24) is 15.5 Å². The zero-order valence-electron chi connectivity index (χ0n) is 19.2. The van der Waals surface area contributed by atoms with Crippen LogP contribution in [0.4, 0.5) is 0 Å². The fraction of sp³-hybridized carbons (Fsp3) is 0.696. The Hall–Kier alpha value is -1.60. The number of rotatable bonds is 10. The molecule has 0 saturated heterocycles. The van der Waals surface area contributed by atoms with Crippen molar-refractivity contribution in [2.45, 2.75) is 77.5 Å². The molecule has 0 spiro atoms. The van der Waals surface area contributed by atoms with E-state index in [1.54, 1.807) is 0 Å². The van der Waals surface area contributed by atoms with E-state index in [-0.39, 0.29) is 11.8 Å². The van der Waals surface area contributed by atoms with Crippen LogP contribution in [0.15, 0.2) is 29.3 Å². The Morgan fingerprint density at radius 1 is 1.20 bits per heavy atom. The molecule has 1 fully saturated rings. The van der Waals surface area contributed by atoms with Gasteiger partial charge in [-0.25, -0.2) is 13.4 Å². The Kier molecular flexibility index (Phi) is 10.1. The van der Waals surface area contributed by atoms with Gasteiger partial charge >= 0.3 is 0 Å². The van der Waals surface area contributed by atoms with Crippen molar-refractivity contribution in [3.8, 4) is 0 Å². The standard InChI is InChI=1S/C23H40N4O2S/c1-5-24-23(26-19(2)15-16-30(4,28)29)25-17-20-11-9-10-12-21(20)18-27(3)22-13-7-6-8-14-22/h9-12,19,22H,5-8,13-18H2,1-4H3,(H2,24,25,26). The van der Waals surface area contributed by atoms with E-state index in [4.69, 9.17) is 4.99 Å². The summed E-state index contributed by atoms with van der Waals surface area (Å²) in [7, 11) is -0.713. The Balaban J connectivity index is 2.00. The van der Waals surface area contributed by atoms with Crippen LogP contribution >= 0.6 is 0 Å². The van der Waals surface area contributed by atoms with Crippen LogP contribution in [0.3, 0.4) is 0 Å². The number of benzene rings is 1. The highest BCUT2D eigenvalue weighted by Crippen LogP contribution is 2.23. The van der Waals surface area contributed by atoms with Crippen molar-refractivity contribution in [1.29, 1.82) is 0 Å². The Morgan fingerprint density at radius 2 is 1.87 bits per heavy atom. The summed E-state index contributed by atoms with van der Waals surface area (Å²) in [5, 5.41) is 6.61. The summed E-state index contributed by atoms with van der Waals surface area (Å²) in [6.07, 6.45) is 8.50. The SMILES string of the molecule is CCNC(=NCc1ccccc1CN(C)C1CCCCC1)NC(C)CCS(C)(=O)=O. The Morgan fingerprint density at radius 3 is 2.50 bits per heavy atom. The van der Waals surface area contributed by atoms with Crippen molar-refractivity contribution in [3.63, 3.8) is 0 Å². The number of hydrogen-bond acceptors (Lipinski definition) is 4. The third-order valence-electron chi connectivity index (χ3n) is 5.79. The summed E-state index contributed by atoms with van der Waals surface area (Å²) in [6.45, 7) is 6.33. The third-order valence-corrected chi connectivity index (χ3v) is 6.77. The van der Waals surface area contributed by atoms with Crippen LogP contribution in [-0.2, 0) is 22.9 Å². The van der Waals surface area contributed by atoms with E-state index in [1.807, 2.05) is 13.8 Å². The first-order chi connectivity index (χ1) is 14.3. The second-order valence-electron chi connectivity index (χ2n) is 8.63. The largest absolute Gasteiger partial charge is 0.357 e. The minimum Gasteiger partial charge on any atom is -0.357 e. The molecule has 7 heteroatoms. The van der Waals surface area contributed by atoms with E-state index in [1.165, 1.54) is 49.5 Å². The van der Waals surface area contributed by atoms with Crippen LogP contribution in [0, 0.1) is 0 Å². The van der Waals surface area contributed by atoms with Crippen molar-refractivity contribution in [2.75, 3.05) is 25.6 Å². The molecule has 1 aliphatic rings. The molecule has 1 unspecified atom stereocenters. The molecule has 30 heavy (non-hydrogen) atoms. The molecule has 1 atom stereocenters. The summed E-state index contributed by atoms with van der Waals surface area (Å²) < 4.78 is 22.8. The molecule has 1 aliphatic carbocycles. The minimum atomic E-state index is -2.95. The number of sulfone groups is 1. The van der Waals surface area contributed by atoms with Gasteiger partial charge in [0.05, 0.1) is 12.3 Å². The van der Waals surface area contributed by atoms with Crippen molar-refractivity contribution in [3.05, 3.63) is 35.4 Å². The quantitative estimate of drug-likeness (QED) is 0.435. The summed E-state index contributed by atoms with van der Waals surface area (Å²) in [5.74, 6) is 0.908. The smallest absolute Gasteiger partial charge is 0.191 e. The van der Waals surface area contributed by atoms with Gasteiger partial charge in [0.15, 0.2) is 5.96 Å². The fourth-order valence-electron chi connectivity index (χ4n) is 3.97. The molecule has 0 heterocycles. The lowest BCUT2D eigenvalue weighted by Gasteiger charge is -2.31. The lowest BCUT2D eigenvalue weighted by atomic mass is 9.94. The molecule has 0 amide bonds. The molecule has 0 aromatic heterocycles. The number of nitrogens with one attached hydrogen (secondary N) is 2. The third kappa shape index (κ3) is 9.04. The predicted molar refractivity (Wildman–Crippen MR) is 127 cm³/mol. The van der Waals surface area contributed by atoms with Gasteiger partial charge in [0.25, 0.3) is 0 Å². The van der Waals surface area contributed by atoms with E-state index >= 15 is 0 Å². The van der Waals surface area contributed by atoms with Crippen LogP contribution < -0.4 is 10.6 Å². The molecule has 6 nitrogen and oxygen atoms in total. The fourth-order valence-corrected chi connectivity index (χ4v) is 4.75. The highest BCUT2D eigenvalue weighted by molar-refractivity contribution is 7.90. The monoisotopic (exact) mass is 436 g/mol. The van der Waals surface area contributed by atoms with Gasteiger partial charge in [-0.3, -0.25) is 4.90 Å². The first-order valence-corrected chi connectivity index (χ1v) is 13.3. The van der Waals surface area contributed by atoms with Crippen molar-refractivity contribution in [2.24, 2.45) is 4.99 Å². The Labute approximate surface area is 183 Å². The first-order valence-electron chi connectivity index (χ1n) is 11.3. The minimum absolute atomic E-state index is 0.0326. The van der Waals surface area contributed by atoms with E-state index in [0.717, 1.165) is 19.0 Å². The molecule has 170 valence electrons. The summed E-state index contributed by atoms with van der Waals surface area (Å²) in [5.41, 5.74) is 2.57. The van der Waals surface area contributed by atoms with Crippen molar-refractivity contribution < 1.29 is 8.42 Å². The molecular weight excluding hydrogens is 396 g/mol. The number of nitrogens with zero attached hydrogens (tertiary/aromatic N) is 2. The maximum Gasteiger partial charge on any atom is 0.191 e. The molecule has 0 radical (unpaired) electrons.